The molecule has 0 radical (unpaired) electrons. The van der Waals surface area contributed by atoms with Gasteiger partial charge in [-0.05, 0) is 48.0 Å². The molecule has 1 amide bonds. The van der Waals surface area contributed by atoms with E-state index in [1.165, 1.54) is 18.3 Å². The topological polar surface area (TPSA) is 59.3 Å². The summed E-state index contributed by atoms with van der Waals surface area (Å²) in [7, 11) is 0. The highest BCUT2D eigenvalue weighted by molar-refractivity contribution is 6.30. The SMILES string of the molecule is O=C(NCc1cccc(Cl)c1)c1ccc2nnc(-c3cc(C(F)(F)F)cc(C(F)(F)F)c3)n2c1. The number of alkyl halides is 6. The van der Waals surface area contributed by atoms with Crippen molar-refractivity contribution in [3.8, 4) is 11.4 Å². The number of fused-ring (bicyclic) bond motifs is 1. The first kappa shape index (κ1) is 23.6. The molecule has 0 atom stereocenters. The van der Waals surface area contributed by atoms with Gasteiger partial charge in [-0.1, -0.05) is 23.7 Å². The normalized spacial score (nSPS) is 12.2. The molecule has 0 aliphatic heterocycles. The lowest BCUT2D eigenvalue weighted by Gasteiger charge is -2.13. The van der Waals surface area contributed by atoms with Crippen LogP contribution in [0, 0.1) is 0 Å². The van der Waals surface area contributed by atoms with Crippen LogP contribution in [0.4, 0.5) is 26.3 Å². The second-order valence-corrected chi connectivity index (χ2v) is 7.71. The number of rotatable bonds is 4. The van der Waals surface area contributed by atoms with Crippen molar-refractivity contribution in [2.45, 2.75) is 18.9 Å². The van der Waals surface area contributed by atoms with E-state index in [2.05, 4.69) is 15.5 Å². The van der Waals surface area contributed by atoms with Gasteiger partial charge in [0.25, 0.3) is 5.91 Å². The van der Waals surface area contributed by atoms with Crippen LogP contribution in [0.3, 0.4) is 0 Å². The molecule has 2 aromatic carbocycles. The maximum atomic E-state index is 13.2. The molecule has 2 heterocycles. The number of hydrogen-bond donors (Lipinski definition) is 1. The quantitative estimate of drug-likeness (QED) is 0.350. The van der Waals surface area contributed by atoms with Crippen molar-refractivity contribution in [3.05, 3.63) is 88.1 Å². The van der Waals surface area contributed by atoms with E-state index >= 15 is 0 Å². The average molecular weight is 499 g/mol. The van der Waals surface area contributed by atoms with Crippen LogP contribution in [0.2, 0.25) is 5.02 Å². The van der Waals surface area contributed by atoms with Gasteiger partial charge in [0.05, 0.1) is 16.7 Å². The number of carbonyl (C=O) groups excluding carboxylic acids is 1. The van der Waals surface area contributed by atoms with Gasteiger partial charge in [0.15, 0.2) is 11.5 Å². The van der Waals surface area contributed by atoms with E-state index in [0.717, 1.165) is 9.96 Å². The predicted octanol–water partition coefficient (Wildman–Crippen LogP) is 6.02. The Bertz CT molecular complexity index is 1350. The minimum absolute atomic E-state index is 0.0292. The van der Waals surface area contributed by atoms with E-state index in [0.29, 0.717) is 17.2 Å². The number of amides is 1. The van der Waals surface area contributed by atoms with E-state index in [4.69, 9.17) is 11.6 Å². The molecule has 0 unspecified atom stereocenters. The maximum absolute atomic E-state index is 13.2. The molecular formula is C22H13ClF6N4O. The number of nitrogens with zero attached hydrogens (tertiary/aromatic N) is 3. The Morgan fingerprint density at radius 3 is 2.21 bits per heavy atom. The van der Waals surface area contributed by atoms with Crippen molar-refractivity contribution in [2.75, 3.05) is 0 Å². The van der Waals surface area contributed by atoms with Crippen molar-refractivity contribution in [3.63, 3.8) is 0 Å². The molecule has 4 aromatic rings. The summed E-state index contributed by atoms with van der Waals surface area (Å²) in [5.74, 6) is -0.808. The second kappa shape index (κ2) is 8.64. The summed E-state index contributed by atoms with van der Waals surface area (Å²) in [5.41, 5.74) is -2.46. The third-order valence-corrected chi connectivity index (χ3v) is 5.09. The summed E-state index contributed by atoms with van der Waals surface area (Å²) in [4.78, 5) is 12.6. The van der Waals surface area contributed by atoms with Gasteiger partial charge in [-0.3, -0.25) is 9.20 Å². The second-order valence-electron chi connectivity index (χ2n) is 7.28. The van der Waals surface area contributed by atoms with Crippen LogP contribution in [0.15, 0.2) is 60.8 Å². The number of halogens is 7. The first-order chi connectivity index (χ1) is 15.9. The highest BCUT2D eigenvalue weighted by Crippen LogP contribution is 2.38. The zero-order chi connectivity index (χ0) is 24.7. The van der Waals surface area contributed by atoms with E-state index in [-0.39, 0.29) is 29.6 Å². The van der Waals surface area contributed by atoms with Crippen LogP contribution in [-0.4, -0.2) is 20.5 Å². The summed E-state index contributed by atoms with van der Waals surface area (Å²) in [6, 6.07) is 10.7. The van der Waals surface area contributed by atoms with Crippen molar-refractivity contribution in [1.29, 1.82) is 0 Å². The monoisotopic (exact) mass is 498 g/mol. The van der Waals surface area contributed by atoms with Crippen LogP contribution >= 0.6 is 11.6 Å². The zero-order valence-electron chi connectivity index (χ0n) is 16.9. The van der Waals surface area contributed by atoms with Gasteiger partial charge in [-0.15, -0.1) is 10.2 Å². The van der Waals surface area contributed by atoms with Gasteiger partial charge in [0.1, 0.15) is 0 Å². The molecule has 0 aliphatic carbocycles. The molecular weight excluding hydrogens is 486 g/mol. The highest BCUT2D eigenvalue weighted by Gasteiger charge is 2.37. The number of pyridine rings is 1. The lowest BCUT2D eigenvalue weighted by Crippen LogP contribution is -2.23. The molecule has 1 N–H and O–H groups in total. The summed E-state index contributed by atoms with van der Waals surface area (Å²) >= 11 is 5.91. The Kier molecular flexibility index (Phi) is 5.98. The fourth-order valence-electron chi connectivity index (χ4n) is 3.24. The first-order valence-electron chi connectivity index (χ1n) is 9.59. The fourth-order valence-corrected chi connectivity index (χ4v) is 3.45. The molecule has 4 rings (SSSR count). The van der Waals surface area contributed by atoms with Crippen molar-refractivity contribution < 1.29 is 31.1 Å². The Labute approximate surface area is 193 Å². The zero-order valence-corrected chi connectivity index (χ0v) is 17.6. The van der Waals surface area contributed by atoms with Gasteiger partial charge >= 0.3 is 12.4 Å². The third-order valence-electron chi connectivity index (χ3n) is 4.85. The lowest BCUT2D eigenvalue weighted by atomic mass is 10.0. The number of carbonyl (C=O) groups is 1. The summed E-state index contributed by atoms with van der Waals surface area (Å²) in [6.07, 6.45) is -8.78. The van der Waals surface area contributed by atoms with Crippen molar-refractivity contribution >= 4 is 23.2 Å². The third kappa shape index (κ3) is 4.98. The summed E-state index contributed by atoms with van der Waals surface area (Å²) in [5, 5.41) is 10.7. The molecule has 34 heavy (non-hydrogen) atoms. The molecule has 2 aromatic heterocycles. The highest BCUT2D eigenvalue weighted by atomic mass is 35.5. The van der Waals surface area contributed by atoms with Gasteiger partial charge in [0.2, 0.25) is 0 Å². The number of nitrogens with one attached hydrogen (secondary N) is 1. The number of aromatic nitrogens is 3. The maximum Gasteiger partial charge on any atom is 0.416 e. The number of hydrogen-bond acceptors (Lipinski definition) is 3. The first-order valence-corrected chi connectivity index (χ1v) is 9.97. The molecule has 12 heteroatoms. The Morgan fingerprint density at radius 2 is 1.59 bits per heavy atom. The predicted molar refractivity (Wildman–Crippen MR) is 111 cm³/mol. The minimum atomic E-state index is -5.01. The summed E-state index contributed by atoms with van der Waals surface area (Å²) < 4.78 is 80.6. The smallest absolute Gasteiger partial charge is 0.348 e. The summed E-state index contributed by atoms with van der Waals surface area (Å²) in [6.45, 7) is 0.148. The van der Waals surface area contributed by atoms with Gasteiger partial charge in [-0.25, -0.2) is 0 Å². The Balaban J connectivity index is 1.71. The van der Waals surface area contributed by atoms with Crippen LogP contribution in [0.1, 0.15) is 27.0 Å². The Hall–Kier alpha value is -3.60. The van der Waals surface area contributed by atoms with Gasteiger partial charge in [-0.2, -0.15) is 26.3 Å². The lowest BCUT2D eigenvalue weighted by molar-refractivity contribution is -0.143. The van der Waals surface area contributed by atoms with Gasteiger partial charge in [0, 0.05) is 23.3 Å². The minimum Gasteiger partial charge on any atom is -0.348 e. The average Bonchev–Trinajstić information content (AvgIpc) is 3.19. The number of benzene rings is 2. The molecule has 0 fully saturated rings. The van der Waals surface area contributed by atoms with E-state index < -0.39 is 35.0 Å². The molecule has 0 saturated carbocycles. The molecule has 0 bridgehead atoms. The van der Waals surface area contributed by atoms with E-state index in [1.807, 2.05) is 0 Å². The van der Waals surface area contributed by atoms with Crippen molar-refractivity contribution in [2.24, 2.45) is 0 Å². The van der Waals surface area contributed by atoms with E-state index in [1.54, 1.807) is 24.3 Å². The Morgan fingerprint density at radius 1 is 0.912 bits per heavy atom. The van der Waals surface area contributed by atoms with Crippen LogP contribution < -0.4 is 5.32 Å². The van der Waals surface area contributed by atoms with Gasteiger partial charge < -0.3 is 5.32 Å². The van der Waals surface area contributed by atoms with Crippen molar-refractivity contribution in [1.82, 2.24) is 19.9 Å². The standard InChI is InChI=1S/C22H13ClF6N4O/c23-17-3-1-2-12(6-17)10-30-20(34)13-4-5-18-31-32-19(33(18)11-13)14-7-15(21(24,25)26)9-16(8-14)22(27,28)29/h1-9,11H,10H2,(H,30,34). The van der Waals surface area contributed by atoms with E-state index in [9.17, 15) is 31.1 Å². The molecule has 176 valence electrons. The van der Waals surface area contributed by atoms with Crippen LogP contribution in [0.5, 0.6) is 0 Å². The molecule has 0 aliphatic rings. The molecule has 0 saturated heterocycles. The fraction of sp³-hybridized carbons (Fsp3) is 0.136. The molecule has 5 nitrogen and oxygen atoms in total. The van der Waals surface area contributed by atoms with Crippen LogP contribution in [0.25, 0.3) is 17.0 Å². The van der Waals surface area contributed by atoms with Crippen LogP contribution in [-0.2, 0) is 18.9 Å². The molecule has 0 spiro atoms. The largest absolute Gasteiger partial charge is 0.416 e.